The summed E-state index contributed by atoms with van der Waals surface area (Å²) in [5, 5.41) is 8.01. The normalized spacial score (nSPS) is 13.7. The van der Waals surface area contributed by atoms with Crippen molar-refractivity contribution in [1.82, 2.24) is 10.6 Å². The van der Waals surface area contributed by atoms with Gasteiger partial charge >= 0.3 is 12.2 Å². The van der Waals surface area contributed by atoms with Crippen LogP contribution in [-0.4, -0.2) is 11.9 Å². The molecule has 0 radical (unpaired) electrons. The van der Waals surface area contributed by atoms with Gasteiger partial charge in [-0.25, -0.2) is 4.79 Å². The van der Waals surface area contributed by atoms with Crippen LogP contribution >= 0.6 is 0 Å². The molecule has 3 rings (SSSR count). The standard InChI is InChI=1S/C20H20F3N3O2/c21-20(22,23)16-5-1-3-13(9-16)11-24-19(28)25-12-14-4-2-6-17(10-14)26-18(27)15-7-8-15/h1-6,9-10,15H,7-8,11-12H2,(H,26,27)(H2,24,25,28). The van der Waals surface area contributed by atoms with Gasteiger partial charge in [-0.15, -0.1) is 0 Å². The predicted octanol–water partition coefficient (Wildman–Crippen LogP) is 4.05. The largest absolute Gasteiger partial charge is 0.416 e. The van der Waals surface area contributed by atoms with Crippen molar-refractivity contribution in [2.45, 2.75) is 32.1 Å². The molecule has 1 saturated carbocycles. The maximum atomic E-state index is 12.7. The number of amides is 3. The number of alkyl halides is 3. The second kappa shape index (κ2) is 8.33. The molecule has 0 unspecified atom stereocenters. The number of hydrogen-bond donors (Lipinski definition) is 3. The van der Waals surface area contributed by atoms with Gasteiger partial charge in [0.2, 0.25) is 5.91 Å². The van der Waals surface area contributed by atoms with Gasteiger partial charge in [0.25, 0.3) is 0 Å². The zero-order valence-corrected chi connectivity index (χ0v) is 15.0. The molecule has 1 aliphatic carbocycles. The molecule has 2 aromatic carbocycles. The van der Waals surface area contributed by atoms with Gasteiger partial charge < -0.3 is 16.0 Å². The van der Waals surface area contributed by atoms with Crippen LogP contribution in [0.2, 0.25) is 0 Å². The van der Waals surface area contributed by atoms with Crippen LogP contribution in [0.1, 0.15) is 29.5 Å². The number of anilines is 1. The van der Waals surface area contributed by atoms with Crippen molar-refractivity contribution in [1.29, 1.82) is 0 Å². The average Bonchev–Trinajstić information content (AvgIpc) is 3.50. The van der Waals surface area contributed by atoms with E-state index in [1.807, 2.05) is 0 Å². The van der Waals surface area contributed by atoms with Gasteiger partial charge in [-0.05, 0) is 48.2 Å². The minimum atomic E-state index is -4.42. The lowest BCUT2D eigenvalue weighted by atomic mass is 10.1. The van der Waals surface area contributed by atoms with E-state index in [-0.39, 0.29) is 24.9 Å². The lowest BCUT2D eigenvalue weighted by Gasteiger charge is -2.11. The topological polar surface area (TPSA) is 70.2 Å². The molecule has 148 valence electrons. The smallest absolute Gasteiger partial charge is 0.334 e. The summed E-state index contributed by atoms with van der Waals surface area (Å²) in [5.74, 6) is 0.104. The first-order chi connectivity index (χ1) is 13.3. The highest BCUT2D eigenvalue weighted by molar-refractivity contribution is 5.94. The second-order valence-corrected chi connectivity index (χ2v) is 6.70. The molecule has 0 aliphatic heterocycles. The van der Waals surface area contributed by atoms with Gasteiger partial charge in [-0.3, -0.25) is 4.79 Å². The molecule has 1 aliphatic rings. The van der Waals surface area contributed by atoms with E-state index in [0.29, 0.717) is 11.3 Å². The van der Waals surface area contributed by atoms with E-state index in [4.69, 9.17) is 0 Å². The van der Waals surface area contributed by atoms with Crippen LogP contribution in [-0.2, 0) is 24.1 Å². The first-order valence-electron chi connectivity index (χ1n) is 8.89. The minimum absolute atomic E-state index is 0.00365. The molecule has 0 heterocycles. The zero-order chi connectivity index (χ0) is 20.1. The van der Waals surface area contributed by atoms with Crippen molar-refractivity contribution >= 4 is 17.6 Å². The van der Waals surface area contributed by atoms with Crippen LogP contribution in [0.15, 0.2) is 48.5 Å². The van der Waals surface area contributed by atoms with E-state index >= 15 is 0 Å². The lowest BCUT2D eigenvalue weighted by Crippen LogP contribution is -2.34. The summed E-state index contributed by atoms with van der Waals surface area (Å²) in [7, 11) is 0. The highest BCUT2D eigenvalue weighted by Crippen LogP contribution is 2.30. The maximum absolute atomic E-state index is 12.7. The Morgan fingerprint density at radius 2 is 1.54 bits per heavy atom. The third kappa shape index (κ3) is 5.73. The van der Waals surface area contributed by atoms with Crippen LogP contribution in [0.25, 0.3) is 0 Å². The Morgan fingerprint density at radius 3 is 2.14 bits per heavy atom. The van der Waals surface area contributed by atoms with Crippen LogP contribution in [0, 0.1) is 5.92 Å². The van der Waals surface area contributed by atoms with Crippen LogP contribution in [0.4, 0.5) is 23.7 Å². The highest BCUT2D eigenvalue weighted by atomic mass is 19.4. The van der Waals surface area contributed by atoms with Gasteiger partial charge in [0.15, 0.2) is 0 Å². The Bertz CT molecular complexity index is 864. The third-order valence-corrected chi connectivity index (χ3v) is 4.30. The zero-order valence-electron chi connectivity index (χ0n) is 15.0. The van der Waals surface area contributed by atoms with E-state index in [1.165, 1.54) is 12.1 Å². The number of rotatable bonds is 6. The fourth-order valence-corrected chi connectivity index (χ4v) is 2.63. The number of carbonyl (C=O) groups is 2. The Balaban J connectivity index is 1.47. The van der Waals surface area contributed by atoms with Gasteiger partial charge in [0.1, 0.15) is 0 Å². The molecular weight excluding hydrogens is 371 g/mol. The molecule has 3 amide bonds. The van der Waals surface area contributed by atoms with E-state index < -0.39 is 17.8 Å². The molecule has 0 spiro atoms. The Morgan fingerprint density at radius 1 is 0.929 bits per heavy atom. The summed E-state index contributed by atoms with van der Waals surface area (Å²) in [4.78, 5) is 23.7. The molecule has 0 atom stereocenters. The van der Waals surface area contributed by atoms with Crippen molar-refractivity contribution < 1.29 is 22.8 Å². The molecular formula is C20H20F3N3O2. The number of urea groups is 1. The summed E-state index contributed by atoms with van der Waals surface area (Å²) in [6.45, 7) is 0.203. The summed E-state index contributed by atoms with van der Waals surface area (Å²) < 4.78 is 38.1. The number of benzene rings is 2. The Hall–Kier alpha value is -3.03. The van der Waals surface area contributed by atoms with Crippen molar-refractivity contribution in [3.05, 3.63) is 65.2 Å². The highest BCUT2D eigenvalue weighted by Gasteiger charge is 2.30. The minimum Gasteiger partial charge on any atom is -0.334 e. The number of halogens is 3. The molecule has 5 nitrogen and oxygen atoms in total. The van der Waals surface area contributed by atoms with E-state index in [0.717, 1.165) is 30.5 Å². The quantitative estimate of drug-likeness (QED) is 0.695. The van der Waals surface area contributed by atoms with Crippen molar-refractivity contribution in [2.24, 2.45) is 5.92 Å². The van der Waals surface area contributed by atoms with Crippen LogP contribution < -0.4 is 16.0 Å². The summed E-state index contributed by atoms with van der Waals surface area (Å²) >= 11 is 0. The average molecular weight is 391 g/mol. The lowest BCUT2D eigenvalue weighted by molar-refractivity contribution is -0.137. The molecule has 0 aromatic heterocycles. The summed E-state index contributed by atoms with van der Waals surface area (Å²) in [6.07, 6.45) is -2.59. The van der Waals surface area contributed by atoms with Gasteiger partial charge in [0.05, 0.1) is 5.56 Å². The molecule has 0 bridgehead atoms. The molecule has 2 aromatic rings. The molecule has 1 fully saturated rings. The fraction of sp³-hybridized carbons (Fsp3) is 0.300. The first-order valence-corrected chi connectivity index (χ1v) is 8.89. The summed E-state index contributed by atoms with van der Waals surface area (Å²) in [6, 6.07) is 11.4. The van der Waals surface area contributed by atoms with Crippen LogP contribution in [0.5, 0.6) is 0 Å². The summed E-state index contributed by atoms with van der Waals surface area (Å²) in [5.41, 5.74) is 1.07. The monoisotopic (exact) mass is 391 g/mol. The number of hydrogen-bond acceptors (Lipinski definition) is 2. The number of carbonyl (C=O) groups excluding carboxylic acids is 2. The van der Waals surface area contributed by atoms with E-state index in [1.54, 1.807) is 24.3 Å². The SMILES string of the molecule is O=C(NCc1cccc(NC(=O)C2CC2)c1)NCc1cccc(C(F)(F)F)c1. The Labute approximate surface area is 160 Å². The Kier molecular flexibility index (Phi) is 5.87. The van der Waals surface area contributed by atoms with Gasteiger partial charge in [-0.2, -0.15) is 13.2 Å². The fourth-order valence-electron chi connectivity index (χ4n) is 2.63. The van der Waals surface area contributed by atoms with Crippen molar-refractivity contribution in [3.63, 3.8) is 0 Å². The van der Waals surface area contributed by atoms with E-state index in [9.17, 15) is 22.8 Å². The number of nitrogens with one attached hydrogen (secondary N) is 3. The molecule has 0 saturated heterocycles. The molecule has 28 heavy (non-hydrogen) atoms. The van der Waals surface area contributed by atoms with Crippen molar-refractivity contribution in [3.8, 4) is 0 Å². The predicted molar refractivity (Wildman–Crippen MR) is 98.3 cm³/mol. The van der Waals surface area contributed by atoms with Gasteiger partial charge in [0, 0.05) is 24.7 Å². The molecule has 3 N–H and O–H groups in total. The van der Waals surface area contributed by atoms with Crippen molar-refractivity contribution in [2.75, 3.05) is 5.32 Å². The van der Waals surface area contributed by atoms with Gasteiger partial charge in [-0.1, -0.05) is 24.3 Å². The molecule has 8 heteroatoms. The first kappa shape index (κ1) is 19.7. The third-order valence-electron chi connectivity index (χ3n) is 4.30. The second-order valence-electron chi connectivity index (χ2n) is 6.70. The maximum Gasteiger partial charge on any atom is 0.416 e. The van der Waals surface area contributed by atoms with E-state index in [2.05, 4.69) is 16.0 Å². The van der Waals surface area contributed by atoms with Crippen LogP contribution in [0.3, 0.4) is 0 Å².